The second-order valence-electron chi connectivity index (χ2n) is 4.16. The van der Waals surface area contributed by atoms with Crippen molar-refractivity contribution >= 4 is 5.69 Å². The summed E-state index contributed by atoms with van der Waals surface area (Å²) in [6, 6.07) is 3.50. The summed E-state index contributed by atoms with van der Waals surface area (Å²) in [5.74, 6) is -0.626. The summed E-state index contributed by atoms with van der Waals surface area (Å²) in [4.78, 5) is 10.0. The Hall–Kier alpha value is -2.28. The fourth-order valence-electron chi connectivity index (χ4n) is 1.81. The van der Waals surface area contributed by atoms with Crippen molar-refractivity contribution in [2.24, 2.45) is 5.73 Å². The monoisotopic (exact) mass is 264 g/mol. The van der Waals surface area contributed by atoms with Crippen molar-refractivity contribution < 1.29 is 9.31 Å². The summed E-state index contributed by atoms with van der Waals surface area (Å²) in [5.41, 5.74) is 6.65. The van der Waals surface area contributed by atoms with Crippen LogP contribution in [0.15, 0.2) is 30.6 Å². The number of hydrogen-bond acceptors (Lipinski definition) is 4. The molecule has 1 aromatic heterocycles. The van der Waals surface area contributed by atoms with Crippen LogP contribution in [0.1, 0.15) is 11.1 Å². The molecule has 2 N–H and O–H groups in total. The normalized spacial score (nSPS) is 10.6. The van der Waals surface area contributed by atoms with Crippen LogP contribution < -0.4 is 5.73 Å². The van der Waals surface area contributed by atoms with Crippen LogP contribution in [-0.4, -0.2) is 21.2 Å². The van der Waals surface area contributed by atoms with Crippen molar-refractivity contribution in [1.29, 1.82) is 0 Å². The number of nitrogens with zero attached hydrogens (tertiary/aromatic N) is 3. The molecule has 1 heterocycles. The van der Waals surface area contributed by atoms with Gasteiger partial charge in [0.1, 0.15) is 5.82 Å². The van der Waals surface area contributed by atoms with Crippen molar-refractivity contribution in [3.63, 3.8) is 0 Å². The highest BCUT2D eigenvalue weighted by Gasteiger charge is 2.10. The first-order valence-electron chi connectivity index (χ1n) is 5.74. The first-order valence-corrected chi connectivity index (χ1v) is 5.74. The lowest BCUT2D eigenvalue weighted by Crippen LogP contribution is -2.03. The maximum absolute atomic E-state index is 13.3. The van der Waals surface area contributed by atoms with Gasteiger partial charge < -0.3 is 5.73 Å². The van der Waals surface area contributed by atoms with Crippen LogP contribution in [0.3, 0.4) is 0 Å². The van der Waals surface area contributed by atoms with Crippen LogP contribution in [0.5, 0.6) is 0 Å². The second-order valence-corrected chi connectivity index (χ2v) is 4.16. The van der Waals surface area contributed by atoms with Crippen molar-refractivity contribution in [2.75, 3.05) is 6.54 Å². The molecule has 0 bridgehead atoms. The van der Waals surface area contributed by atoms with Gasteiger partial charge in [0.15, 0.2) is 0 Å². The number of non-ortho nitro benzene ring substituents is 1. The van der Waals surface area contributed by atoms with Crippen LogP contribution in [0.25, 0.3) is 0 Å². The molecule has 7 heteroatoms. The number of nitrogens with two attached hydrogens (primary N) is 1. The zero-order valence-electron chi connectivity index (χ0n) is 10.1. The van der Waals surface area contributed by atoms with E-state index < -0.39 is 10.7 Å². The van der Waals surface area contributed by atoms with Gasteiger partial charge in [0.25, 0.3) is 5.69 Å². The number of aromatic nitrogens is 2. The van der Waals surface area contributed by atoms with Crippen LogP contribution in [-0.2, 0) is 13.0 Å². The Bertz CT molecular complexity index is 597. The minimum Gasteiger partial charge on any atom is -0.330 e. The van der Waals surface area contributed by atoms with Crippen molar-refractivity contribution in [3.8, 4) is 0 Å². The smallest absolute Gasteiger partial charge is 0.272 e. The van der Waals surface area contributed by atoms with E-state index in [-0.39, 0.29) is 12.2 Å². The average Bonchev–Trinajstić information content (AvgIpc) is 2.76. The Morgan fingerprint density at radius 3 is 2.84 bits per heavy atom. The molecule has 6 nitrogen and oxygen atoms in total. The van der Waals surface area contributed by atoms with Gasteiger partial charge in [-0.1, -0.05) is 0 Å². The molecular weight excluding hydrogens is 251 g/mol. The van der Waals surface area contributed by atoms with E-state index in [2.05, 4.69) is 5.10 Å². The predicted molar refractivity (Wildman–Crippen MR) is 67.1 cm³/mol. The van der Waals surface area contributed by atoms with E-state index in [4.69, 9.17) is 5.73 Å². The minimum absolute atomic E-state index is 0.260. The van der Waals surface area contributed by atoms with Crippen molar-refractivity contribution in [2.45, 2.75) is 13.0 Å². The lowest BCUT2D eigenvalue weighted by atomic mass is 10.2. The Balaban J connectivity index is 2.19. The molecule has 0 unspecified atom stereocenters. The van der Waals surface area contributed by atoms with Crippen molar-refractivity contribution in [3.05, 3.63) is 57.7 Å². The van der Waals surface area contributed by atoms with E-state index >= 15 is 0 Å². The highest BCUT2D eigenvalue weighted by molar-refractivity contribution is 5.35. The molecule has 0 aliphatic heterocycles. The lowest BCUT2D eigenvalue weighted by Gasteiger charge is -2.02. The molecule has 0 aliphatic rings. The Kier molecular flexibility index (Phi) is 3.86. The Morgan fingerprint density at radius 2 is 2.16 bits per heavy atom. The quantitative estimate of drug-likeness (QED) is 0.654. The van der Waals surface area contributed by atoms with E-state index in [9.17, 15) is 14.5 Å². The maximum atomic E-state index is 13.3. The van der Waals surface area contributed by atoms with E-state index in [1.165, 1.54) is 12.1 Å². The summed E-state index contributed by atoms with van der Waals surface area (Å²) >= 11 is 0. The maximum Gasteiger partial charge on any atom is 0.272 e. The molecule has 0 aliphatic carbocycles. The third-order valence-electron chi connectivity index (χ3n) is 2.62. The number of benzene rings is 1. The van der Waals surface area contributed by atoms with Gasteiger partial charge in [0.05, 0.1) is 23.7 Å². The van der Waals surface area contributed by atoms with Crippen LogP contribution >= 0.6 is 0 Å². The van der Waals surface area contributed by atoms with E-state index in [1.807, 2.05) is 0 Å². The summed E-state index contributed by atoms with van der Waals surface area (Å²) in [6.07, 6.45) is 4.19. The first-order chi connectivity index (χ1) is 9.08. The summed E-state index contributed by atoms with van der Waals surface area (Å²) in [6.45, 7) is 0.806. The standard InChI is InChI=1S/C12H13FN4O2/c13-11-3-10(4-12(5-11)17(18)19)8-16-7-9(1-2-14)6-15-16/h3-7H,1-2,8,14H2. The molecule has 19 heavy (non-hydrogen) atoms. The third kappa shape index (κ3) is 3.35. The van der Waals surface area contributed by atoms with Crippen LogP contribution in [0.2, 0.25) is 0 Å². The predicted octanol–water partition coefficient (Wildman–Crippen LogP) is 1.48. The van der Waals surface area contributed by atoms with Crippen LogP contribution in [0, 0.1) is 15.9 Å². The second kappa shape index (κ2) is 5.57. The molecule has 0 atom stereocenters. The van der Waals surface area contributed by atoms with Gasteiger partial charge in [0.2, 0.25) is 0 Å². The molecule has 0 saturated heterocycles. The SMILES string of the molecule is NCCc1cnn(Cc2cc(F)cc([N+](=O)[O-])c2)c1. The number of nitro groups is 1. The number of nitro benzene ring substituents is 1. The van der Waals surface area contributed by atoms with Gasteiger partial charge in [-0.15, -0.1) is 0 Å². The van der Waals surface area contributed by atoms with Gasteiger partial charge in [-0.2, -0.15) is 5.10 Å². The summed E-state index contributed by atoms with van der Waals surface area (Å²) in [5, 5.41) is 14.8. The molecule has 2 aromatic rings. The molecule has 100 valence electrons. The molecule has 1 aromatic carbocycles. The fraction of sp³-hybridized carbons (Fsp3) is 0.250. The summed E-state index contributed by atoms with van der Waals surface area (Å²) < 4.78 is 14.9. The fourth-order valence-corrected chi connectivity index (χ4v) is 1.81. The van der Waals surface area contributed by atoms with E-state index in [1.54, 1.807) is 17.1 Å². The molecule has 2 rings (SSSR count). The highest BCUT2D eigenvalue weighted by atomic mass is 19.1. The number of rotatable bonds is 5. The van der Waals surface area contributed by atoms with E-state index in [0.717, 1.165) is 11.6 Å². The topological polar surface area (TPSA) is 87.0 Å². The number of hydrogen-bond donors (Lipinski definition) is 1. The summed E-state index contributed by atoms with van der Waals surface area (Å²) in [7, 11) is 0. The first kappa shape index (κ1) is 13.2. The third-order valence-corrected chi connectivity index (χ3v) is 2.62. The van der Waals surface area contributed by atoms with Crippen LogP contribution in [0.4, 0.5) is 10.1 Å². The Morgan fingerprint density at radius 1 is 1.37 bits per heavy atom. The van der Waals surface area contributed by atoms with Gasteiger partial charge in [-0.05, 0) is 30.2 Å². The van der Waals surface area contributed by atoms with E-state index in [0.29, 0.717) is 18.5 Å². The molecule has 0 fully saturated rings. The van der Waals surface area contributed by atoms with Gasteiger partial charge in [-0.3, -0.25) is 14.8 Å². The zero-order valence-corrected chi connectivity index (χ0v) is 10.1. The van der Waals surface area contributed by atoms with Crippen molar-refractivity contribution in [1.82, 2.24) is 9.78 Å². The molecular formula is C12H13FN4O2. The minimum atomic E-state index is -0.626. The molecule has 0 spiro atoms. The average molecular weight is 264 g/mol. The van der Waals surface area contributed by atoms with Gasteiger partial charge in [0, 0.05) is 12.3 Å². The number of halogens is 1. The largest absolute Gasteiger partial charge is 0.330 e. The Labute approximate surface area is 108 Å². The molecule has 0 amide bonds. The highest BCUT2D eigenvalue weighted by Crippen LogP contribution is 2.17. The molecule has 0 radical (unpaired) electrons. The lowest BCUT2D eigenvalue weighted by molar-refractivity contribution is -0.385. The van der Waals surface area contributed by atoms with Gasteiger partial charge in [-0.25, -0.2) is 4.39 Å². The molecule has 0 saturated carbocycles. The zero-order chi connectivity index (χ0) is 13.8. The van der Waals surface area contributed by atoms with Gasteiger partial charge >= 0.3 is 0 Å².